The van der Waals surface area contributed by atoms with Crippen molar-refractivity contribution in [1.82, 2.24) is 5.32 Å². The highest BCUT2D eigenvalue weighted by molar-refractivity contribution is 7.19. The third-order valence-electron chi connectivity index (χ3n) is 3.37. The zero-order valence-electron chi connectivity index (χ0n) is 10.8. The maximum atomic E-state index is 3.66. The van der Waals surface area contributed by atoms with E-state index < -0.39 is 0 Å². The molecule has 0 aliphatic heterocycles. The molecule has 0 aromatic carbocycles. The fourth-order valence-electron chi connectivity index (χ4n) is 2.85. The highest BCUT2D eigenvalue weighted by atomic mass is 31.0. The molecule has 0 radical (unpaired) electrons. The lowest BCUT2D eigenvalue weighted by molar-refractivity contribution is 0.278. The van der Waals surface area contributed by atoms with Gasteiger partial charge < -0.3 is 5.32 Å². The van der Waals surface area contributed by atoms with Crippen LogP contribution in [0, 0.1) is 5.92 Å². The zero-order valence-corrected chi connectivity index (χ0v) is 12.0. The Balaban J connectivity index is 2.34. The molecule has 15 heavy (non-hydrogen) atoms. The van der Waals surface area contributed by atoms with E-state index in [-0.39, 0.29) is 0 Å². The van der Waals surface area contributed by atoms with Gasteiger partial charge in [-0.1, -0.05) is 27.7 Å². The second kappa shape index (κ2) is 5.64. The lowest BCUT2D eigenvalue weighted by atomic mass is 9.80. The van der Waals surface area contributed by atoms with E-state index in [2.05, 4.69) is 42.3 Å². The van der Waals surface area contributed by atoms with Gasteiger partial charge in [0.15, 0.2) is 0 Å². The summed E-state index contributed by atoms with van der Waals surface area (Å²) in [4.78, 5) is 0. The van der Waals surface area contributed by atoms with Crippen LogP contribution >= 0.6 is 9.24 Å². The fourth-order valence-corrected chi connectivity index (χ4v) is 3.65. The molecule has 1 fully saturated rings. The van der Waals surface area contributed by atoms with E-state index in [0.717, 1.165) is 12.0 Å². The molecule has 1 unspecified atom stereocenters. The van der Waals surface area contributed by atoms with Crippen LogP contribution in [0.2, 0.25) is 0 Å². The van der Waals surface area contributed by atoms with Gasteiger partial charge in [0.2, 0.25) is 0 Å². The first kappa shape index (κ1) is 13.5. The van der Waals surface area contributed by atoms with E-state index in [1.54, 1.807) is 0 Å². The highest BCUT2D eigenvalue weighted by Gasteiger charge is 2.31. The number of rotatable bonds is 4. The molecule has 1 atom stereocenters. The van der Waals surface area contributed by atoms with Crippen LogP contribution in [-0.4, -0.2) is 17.2 Å². The van der Waals surface area contributed by atoms with Gasteiger partial charge >= 0.3 is 0 Å². The molecular weight excluding hydrogens is 201 g/mol. The summed E-state index contributed by atoms with van der Waals surface area (Å²) in [6.45, 7) is 9.17. The average Bonchev–Trinajstić information content (AvgIpc) is 2.07. The van der Waals surface area contributed by atoms with Crippen LogP contribution in [0.3, 0.4) is 0 Å². The molecule has 0 amide bonds. The normalized spacial score (nSPS) is 32.6. The molecule has 1 nitrogen and oxygen atoms in total. The summed E-state index contributed by atoms with van der Waals surface area (Å²) in [7, 11) is 3.14. The Morgan fingerprint density at radius 3 is 2.13 bits per heavy atom. The largest absolute Gasteiger partial charge is 0.312 e. The maximum Gasteiger partial charge on any atom is 0.00700 e. The Morgan fingerprint density at radius 1 is 1.20 bits per heavy atom. The predicted molar refractivity (Wildman–Crippen MR) is 72.4 cm³/mol. The Labute approximate surface area is 98.0 Å². The van der Waals surface area contributed by atoms with E-state index in [1.807, 2.05) is 0 Å². The minimum Gasteiger partial charge on any atom is -0.312 e. The third kappa shape index (κ3) is 4.83. The molecular formula is C13H28NP. The summed E-state index contributed by atoms with van der Waals surface area (Å²) >= 11 is 0. The molecule has 1 N–H and O–H groups in total. The Kier molecular flexibility index (Phi) is 5.06. The first-order chi connectivity index (χ1) is 6.91. The molecule has 1 aliphatic rings. The van der Waals surface area contributed by atoms with Crippen molar-refractivity contribution < 1.29 is 0 Å². The Bertz CT molecular complexity index is 181. The van der Waals surface area contributed by atoms with Gasteiger partial charge in [0.05, 0.1) is 0 Å². The van der Waals surface area contributed by atoms with Crippen LogP contribution in [0.4, 0.5) is 0 Å². The SMILES string of the molecule is CC(C)C[C@]1(P)CC[C@@H](NC(C)C)CC1. The molecule has 0 aromatic heterocycles. The molecule has 0 heterocycles. The predicted octanol–water partition coefficient (Wildman–Crippen LogP) is 3.59. The highest BCUT2D eigenvalue weighted by Crippen LogP contribution is 2.40. The van der Waals surface area contributed by atoms with Crippen molar-refractivity contribution in [1.29, 1.82) is 0 Å². The summed E-state index contributed by atoms with van der Waals surface area (Å²) in [6, 6.07) is 1.41. The maximum absolute atomic E-state index is 3.66. The van der Waals surface area contributed by atoms with Crippen molar-refractivity contribution in [2.75, 3.05) is 0 Å². The zero-order chi connectivity index (χ0) is 11.5. The van der Waals surface area contributed by atoms with Gasteiger partial charge in [0.25, 0.3) is 0 Å². The second-order valence-electron chi connectivity index (χ2n) is 6.06. The summed E-state index contributed by atoms with van der Waals surface area (Å²) in [6.07, 6.45) is 6.83. The van der Waals surface area contributed by atoms with E-state index in [1.165, 1.54) is 32.1 Å². The molecule has 0 aromatic rings. The van der Waals surface area contributed by atoms with Gasteiger partial charge in [-0.3, -0.25) is 0 Å². The van der Waals surface area contributed by atoms with Gasteiger partial charge in [-0.15, -0.1) is 9.24 Å². The van der Waals surface area contributed by atoms with Crippen molar-refractivity contribution in [2.45, 2.75) is 77.0 Å². The van der Waals surface area contributed by atoms with Crippen molar-refractivity contribution in [2.24, 2.45) is 5.92 Å². The minimum atomic E-state index is 0.545. The Hall–Kier alpha value is 0.390. The van der Waals surface area contributed by atoms with Crippen LogP contribution in [0.25, 0.3) is 0 Å². The standard InChI is InChI=1S/C13H28NP/c1-10(2)9-13(15)7-5-12(6-8-13)14-11(3)4/h10-12,14H,5-9,15H2,1-4H3/t12-,13+. The van der Waals surface area contributed by atoms with Crippen molar-refractivity contribution in [3.8, 4) is 0 Å². The number of hydrogen-bond acceptors (Lipinski definition) is 1. The van der Waals surface area contributed by atoms with Gasteiger partial charge in [0.1, 0.15) is 0 Å². The molecule has 2 heteroatoms. The van der Waals surface area contributed by atoms with Crippen LogP contribution in [0.5, 0.6) is 0 Å². The molecule has 90 valence electrons. The van der Waals surface area contributed by atoms with Crippen molar-refractivity contribution >= 4 is 9.24 Å². The van der Waals surface area contributed by atoms with Gasteiger partial charge in [-0.2, -0.15) is 0 Å². The molecule has 1 aliphatic carbocycles. The average molecular weight is 229 g/mol. The first-order valence-electron chi connectivity index (χ1n) is 6.46. The number of nitrogens with one attached hydrogen (secondary N) is 1. The lowest BCUT2D eigenvalue weighted by Crippen LogP contribution is -2.41. The van der Waals surface area contributed by atoms with Crippen LogP contribution in [-0.2, 0) is 0 Å². The molecule has 1 rings (SSSR count). The monoisotopic (exact) mass is 229 g/mol. The van der Waals surface area contributed by atoms with Gasteiger partial charge in [0, 0.05) is 12.1 Å². The van der Waals surface area contributed by atoms with E-state index >= 15 is 0 Å². The van der Waals surface area contributed by atoms with E-state index in [0.29, 0.717) is 11.2 Å². The molecule has 0 saturated heterocycles. The molecule has 0 bridgehead atoms. The van der Waals surface area contributed by atoms with Crippen LogP contribution in [0.15, 0.2) is 0 Å². The summed E-state index contributed by atoms with van der Waals surface area (Å²) in [5, 5.41) is 4.21. The van der Waals surface area contributed by atoms with Crippen LogP contribution in [0.1, 0.15) is 59.8 Å². The topological polar surface area (TPSA) is 12.0 Å². The quantitative estimate of drug-likeness (QED) is 0.726. The minimum absolute atomic E-state index is 0.545. The number of hydrogen-bond donors (Lipinski definition) is 1. The van der Waals surface area contributed by atoms with E-state index in [4.69, 9.17) is 0 Å². The van der Waals surface area contributed by atoms with Gasteiger partial charge in [-0.25, -0.2) is 0 Å². The van der Waals surface area contributed by atoms with Gasteiger partial charge in [-0.05, 0) is 43.2 Å². The third-order valence-corrected chi connectivity index (χ3v) is 4.18. The summed E-state index contributed by atoms with van der Waals surface area (Å²) in [5.41, 5.74) is 0. The smallest absolute Gasteiger partial charge is 0.00700 e. The van der Waals surface area contributed by atoms with Crippen molar-refractivity contribution in [3.05, 3.63) is 0 Å². The Morgan fingerprint density at radius 2 is 1.73 bits per heavy atom. The summed E-state index contributed by atoms with van der Waals surface area (Å²) < 4.78 is 0. The molecule has 1 saturated carbocycles. The second-order valence-corrected chi connectivity index (χ2v) is 7.28. The van der Waals surface area contributed by atoms with E-state index in [9.17, 15) is 0 Å². The summed E-state index contributed by atoms with van der Waals surface area (Å²) in [5.74, 6) is 0.831. The fraction of sp³-hybridized carbons (Fsp3) is 1.00. The molecule has 0 spiro atoms. The first-order valence-corrected chi connectivity index (χ1v) is 7.04. The van der Waals surface area contributed by atoms with Crippen molar-refractivity contribution in [3.63, 3.8) is 0 Å². The lowest BCUT2D eigenvalue weighted by Gasteiger charge is -2.39. The van der Waals surface area contributed by atoms with Crippen LogP contribution < -0.4 is 5.32 Å².